The molecule has 0 radical (unpaired) electrons. The van der Waals surface area contributed by atoms with Crippen LogP contribution in [0.25, 0.3) is 0 Å². The highest BCUT2D eigenvalue weighted by atomic mass is 19.3. The molecule has 0 unspecified atom stereocenters. The molecule has 0 amide bonds. The normalized spacial score (nSPS) is 10.7. The Labute approximate surface area is 83.2 Å². The molecule has 4 N–H and O–H groups in total. The smallest absolute Gasteiger partial charge is 0.337 e. The van der Waals surface area contributed by atoms with Crippen LogP contribution in [0.2, 0.25) is 0 Å². The second-order valence-corrected chi connectivity index (χ2v) is 2.70. The number of hydrogen-bond donors (Lipinski definition) is 3. The quantitative estimate of drug-likeness (QED) is 0.699. The van der Waals surface area contributed by atoms with Gasteiger partial charge < -0.3 is 15.9 Å². The Bertz CT molecular complexity index is 396. The van der Waals surface area contributed by atoms with E-state index in [9.17, 15) is 18.7 Å². The van der Waals surface area contributed by atoms with Crippen LogP contribution in [0.5, 0.6) is 5.75 Å². The van der Waals surface area contributed by atoms with Gasteiger partial charge in [-0.15, -0.1) is 0 Å². The first-order chi connectivity index (χ1) is 6.97. The first-order valence-electron chi connectivity index (χ1n) is 3.91. The maximum absolute atomic E-state index is 12.4. The van der Waals surface area contributed by atoms with E-state index in [1.54, 1.807) is 0 Å². The number of aromatic nitrogens is 1. The Balaban J connectivity index is 3.38. The summed E-state index contributed by atoms with van der Waals surface area (Å²) in [6.45, 7) is -0.245. The highest BCUT2D eigenvalue weighted by Crippen LogP contribution is 2.26. The van der Waals surface area contributed by atoms with Gasteiger partial charge in [-0.25, -0.2) is 18.6 Å². The number of halogens is 2. The largest absolute Gasteiger partial charge is 0.506 e. The van der Waals surface area contributed by atoms with E-state index < -0.39 is 29.4 Å². The van der Waals surface area contributed by atoms with E-state index in [0.29, 0.717) is 0 Å². The molecule has 82 valence electrons. The molecule has 0 saturated heterocycles. The molecule has 0 aliphatic carbocycles. The molecule has 0 atom stereocenters. The van der Waals surface area contributed by atoms with E-state index in [1.165, 1.54) is 0 Å². The van der Waals surface area contributed by atoms with E-state index in [-0.39, 0.29) is 12.2 Å². The third kappa shape index (κ3) is 2.18. The lowest BCUT2D eigenvalue weighted by Gasteiger charge is -2.08. The molecule has 1 aromatic heterocycles. The maximum Gasteiger partial charge on any atom is 0.337 e. The molecule has 0 aromatic carbocycles. The van der Waals surface area contributed by atoms with E-state index in [1.807, 2.05) is 0 Å². The molecule has 0 spiro atoms. The third-order valence-electron chi connectivity index (χ3n) is 1.74. The number of nitrogens with zero attached hydrogens (tertiary/aromatic N) is 1. The fourth-order valence-electron chi connectivity index (χ4n) is 1.04. The van der Waals surface area contributed by atoms with Crippen LogP contribution in [0.15, 0.2) is 6.07 Å². The van der Waals surface area contributed by atoms with E-state index in [2.05, 4.69) is 4.98 Å². The average molecular weight is 218 g/mol. The number of carboxylic acid groups (broad SMARTS) is 1. The molecule has 1 heterocycles. The third-order valence-corrected chi connectivity index (χ3v) is 1.74. The maximum atomic E-state index is 12.4. The van der Waals surface area contributed by atoms with E-state index in [4.69, 9.17) is 10.8 Å². The van der Waals surface area contributed by atoms with Gasteiger partial charge in [0.1, 0.15) is 11.4 Å². The van der Waals surface area contributed by atoms with Gasteiger partial charge in [-0.1, -0.05) is 0 Å². The predicted octanol–water partition coefficient (Wildman–Crippen LogP) is 0.882. The standard InChI is InChI=1S/C8H8F2N2O3/c9-7(10)6-3(8(14)15)1-5(13)4(2-11)12-6/h1,7,13H,2,11H2,(H,14,15). The number of carbonyl (C=O) groups is 1. The topological polar surface area (TPSA) is 96.4 Å². The minimum Gasteiger partial charge on any atom is -0.506 e. The zero-order valence-electron chi connectivity index (χ0n) is 7.44. The minimum atomic E-state index is -3.03. The van der Waals surface area contributed by atoms with Crippen molar-refractivity contribution in [2.24, 2.45) is 5.73 Å². The van der Waals surface area contributed by atoms with Gasteiger partial charge in [0, 0.05) is 6.54 Å². The van der Waals surface area contributed by atoms with Crippen LogP contribution < -0.4 is 5.73 Å². The lowest BCUT2D eigenvalue weighted by molar-refractivity contribution is 0.0681. The van der Waals surface area contributed by atoms with Crippen molar-refractivity contribution in [2.75, 3.05) is 0 Å². The van der Waals surface area contributed by atoms with Crippen LogP contribution in [-0.4, -0.2) is 21.2 Å². The summed E-state index contributed by atoms with van der Waals surface area (Å²) in [5.41, 5.74) is 3.36. The van der Waals surface area contributed by atoms with Crippen LogP contribution in [0, 0.1) is 0 Å². The summed E-state index contributed by atoms with van der Waals surface area (Å²) in [7, 11) is 0. The van der Waals surface area contributed by atoms with Crippen molar-refractivity contribution >= 4 is 5.97 Å². The Kier molecular flexibility index (Phi) is 3.15. The minimum absolute atomic E-state index is 0.157. The molecule has 0 fully saturated rings. The summed E-state index contributed by atoms with van der Waals surface area (Å²) in [6, 6.07) is 0.721. The van der Waals surface area contributed by atoms with Crippen molar-refractivity contribution in [3.63, 3.8) is 0 Å². The summed E-state index contributed by atoms with van der Waals surface area (Å²) >= 11 is 0. The number of alkyl halides is 2. The number of rotatable bonds is 3. The first kappa shape index (κ1) is 11.3. The van der Waals surface area contributed by atoms with Crippen LogP contribution in [0.4, 0.5) is 8.78 Å². The van der Waals surface area contributed by atoms with Gasteiger partial charge in [0.2, 0.25) is 0 Å². The van der Waals surface area contributed by atoms with Crippen LogP contribution in [-0.2, 0) is 6.54 Å². The van der Waals surface area contributed by atoms with E-state index in [0.717, 1.165) is 6.07 Å². The number of hydrogen-bond acceptors (Lipinski definition) is 4. The molecule has 1 rings (SSSR count). The zero-order valence-corrected chi connectivity index (χ0v) is 7.44. The monoisotopic (exact) mass is 218 g/mol. The molecule has 1 aromatic rings. The summed E-state index contributed by atoms with van der Waals surface area (Å²) < 4.78 is 24.8. The molecule has 15 heavy (non-hydrogen) atoms. The van der Waals surface area contributed by atoms with Crippen molar-refractivity contribution < 1.29 is 23.8 Å². The highest BCUT2D eigenvalue weighted by Gasteiger charge is 2.22. The zero-order chi connectivity index (χ0) is 11.6. The average Bonchev–Trinajstić information content (AvgIpc) is 2.16. The summed E-state index contributed by atoms with van der Waals surface area (Å²) in [5, 5.41) is 17.8. The van der Waals surface area contributed by atoms with Crippen molar-refractivity contribution in [3.8, 4) is 5.75 Å². The molecular weight excluding hydrogens is 210 g/mol. The fourth-order valence-corrected chi connectivity index (χ4v) is 1.04. The number of nitrogens with two attached hydrogens (primary N) is 1. The van der Waals surface area contributed by atoms with Gasteiger partial charge >= 0.3 is 5.97 Å². The number of carboxylic acids is 1. The van der Waals surface area contributed by atoms with Gasteiger partial charge in [-0.2, -0.15) is 0 Å². The SMILES string of the molecule is NCc1nc(C(F)F)c(C(=O)O)cc1O. The molecule has 0 bridgehead atoms. The Hall–Kier alpha value is -1.76. The molecule has 5 nitrogen and oxygen atoms in total. The Morgan fingerprint density at radius 2 is 2.20 bits per heavy atom. The highest BCUT2D eigenvalue weighted by molar-refractivity contribution is 5.89. The van der Waals surface area contributed by atoms with Gasteiger partial charge in [0.15, 0.2) is 0 Å². The summed E-state index contributed by atoms with van der Waals surface area (Å²) in [6.07, 6.45) is -3.03. The number of pyridine rings is 1. The predicted molar refractivity (Wildman–Crippen MR) is 45.7 cm³/mol. The fraction of sp³-hybridized carbons (Fsp3) is 0.250. The van der Waals surface area contributed by atoms with Gasteiger partial charge in [0.05, 0.1) is 11.3 Å². The van der Waals surface area contributed by atoms with Gasteiger partial charge in [0.25, 0.3) is 6.43 Å². The molecule has 0 saturated carbocycles. The van der Waals surface area contributed by atoms with Crippen molar-refractivity contribution in [2.45, 2.75) is 13.0 Å². The van der Waals surface area contributed by atoms with Crippen LogP contribution >= 0.6 is 0 Å². The van der Waals surface area contributed by atoms with Crippen LogP contribution in [0.1, 0.15) is 28.2 Å². The lowest BCUT2D eigenvalue weighted by Crippen LogP contribution is -2.10. The second kappa shape index (κ2) is 4.18. The Morgan fingerprint density at radius 3 is 2.60 bits per heavy atom. The molecule has 7 heteroatoms. The van der Waals surface area contributed by atoms with Crippen molar-refractivity contribution in [3.05, 3.63) is 23.0 Å². The molecule has 0 aliphatic heterocycles. The lowest BCUT2D eigenvalue weighted by atomic mass is 10.1. The van der Waals surface area contributed by atoms with Crippen molar-refractivity contribution in [1.29, 1.82) is 0 Å². The molecule has 0 aliphatic rings. The second-order valence-electron chi connectivity index (χ2n) is 2.70. The summed E-state index contributed by atoms with van der Waals surface area (Å²) in [4.78, 5) is 13.9. The van der Waals surface area contributed by atoms with E-state index >= 15 is 0 Å². The van der Waals surface area contributed by atoms with Gasteiger partial charge in [-0.3, -0.25) is 0 Å². The number of aromatic carboxylic acids is 1. The van der Waals surface area contributed by atoms with Gasteiger partial charge in [-0.05, 0) is 6.07 Å². The van der Waals surface area contributed by atoms with Crippen LogP contribution in [0.3, 0.4) is 0 Å². The first-order valence-corrected chi connectivity index (χ1v) is 3.91. The van der Waals surface area contributed by atoms with Crippen molar-refractivity contribution in [1.82, 2.24) is 4.98 Å². The summed E-state index contributed by atoms with van der Waals surface area (Å²) in [5.74, 6) is -2.07. The molecular formula is C8H8F2N2O3. The Morgan fingerprint density at radius 1 is 1.60 bits per heavy atom. The number of aromatic hydroxyl groups is 1.